The van der Waals surface area contributed by atoms with E-state index in [0.717, 1.165) is 0 Å². The van der Waals surface area contributed by atoms with Crippen LogP contribution in [-0.4, -0.2) is 49.6 Å². The second-order valence-electron chi connectivity index (χ2n) is 5.43. The molecule has 118 valence electrons. The normalized spacial score (nSPS) is 21.3. The van der Waals surface area contributed by atoms with Gasteiger partial charge in [-0.15, -0.1) is 0 Å². The number of Topliss-reactive ketones (excluding diaryl/α,β-unsaturated/α-hetero) is 1. The second kappa shape index (κ2) is 7.22. The summed E-state index contributed by atoms with van der Waals surface area (Å²) in [5.74, 6) is -0.644. The van der Waals surface area contributed by atoms with Crippen LogP contribution < -0.4 is 5.32 Å². The van der Waals surface area contributed by atoms with Gasteiger partial charge in [0.2, 0.25) is 0 Å². The van der Waals surface area contributed by atoms with Gasteiger partial charge in [-0.2, -0.15) is 0 Å². The molecule has 1 N–H and O–H groups in total. The van der Waals surface area contributed by atoms with Crippen LogP contribution >= 0.6 is 23.2 Å². The molecule has 0 aromatic heterocycles. The van der Waals surface area contributed by atoms with Gasteiger partial charge in [0, 0.05) is 37.1 Å². The van der Waals surface area contributed by atoms with Crippen LogP contribution in [0.25, 0.3) is 0 Å². The van der Waals surface area contributed by atoms with E-state index in [1.165, 1.54) is 6.34 Å². The average molecular weight is 342 g/mol. The standard InChI is InChI=1S/C15H17Cl2N3O2/c1-20(2)8-19-15(22)13-5-9(7-18-13)14(21)11-4-3-10(16)6-12(11)17/h3-4,6,8-9,13,18H,5,7H2,1-2H3. The molecule has 2 rings (SSSR count). The average Bonchev–Trinajstić information content (AvgIpc) is 2.94. The molecule has 5 nitrogen and oxygen atoms in total. The lowest BCUT2D eigenvalue weighted by atomic mass is 9.95. The Morgan fingerprint density at radius 2 is 2.09 bits per heavy atom. The Morgan fingerprint density at radius 1 is 1.36 bits per heavy atom. The third kappa shape index (κ3) is 4.06. The van der Waals surface area contributed by atoms with Crippen molar-refractivity contribution in [2.75, 3.05) is 20.6 Å². The number of nitrogens with zero attached hydrogens (tertiary/aromatic N) is 2. The zero-order valence-electron chi connectivity index (χ0n) is 12.3. The van der Waals surface area contributed by atoms with Crippen LogP contribution in [0.5, 0.6) is 0 Å². The summed E-state index contributed by atoms with van der Waals surface area (Å²) in [5.41, 5.74) is 0.433. The highest BCUT2D eigenvalue weighted by Gasteiger charge is 2.34. The quantitative estimate of drug-likeness (QED) is 0.518. The molecule has 2 atom stereocenters. The summed E-state index contributed by atoms with van der Waals surface area (Å²) in [7, 11) is 3.57. The molecule has 0 radical (unpaired) electrons. The number of benzene rings is 1. The molecule has 1 aliphatic rings. The highest BCUT2D eigenvalue weighted by atomic mass is 35.5. The summed E-state index contributed by atoms with van der Waals surface area (Å²) in [6, 6.07) is 4.36. The Morgan fingerprint density at radius 3 is 2.73 bits per heavy atom. The molecule has 22 heavy (non-hydrogen) atoms. The van der Waals surface area contributed by atoms with Crippen molar-refractivity contribution in [2.45, 2.75) is 12.5 Å². The van der Waals surface area contributed by atoms with E-state index in [1.807, 2.05) is 0 Å². The molecular weight excluding hydrogens is 325 g/mol. The highest BCUT2D eigenvalue weighted by Crippen LogP contribution is 2.26. The largest absolute Gasteiger partial charge is 0.369 e. The number of hydrogen-bond donors (Lipinski definition) is 1. The number of aliphatic imine (C=N–C) groups is 1. The van der Waals surface area contributed by atoms with Gasteiger partial charge in [-0.1, -0.05) is 23.2 Å². The van der Waals surface area contributed by atoms with E-state index in [2.05, 4.69) is 10.3 Å². The number of ketones is 1. The summed E-state index contributed by atoms with van der Waals surface area (Å²) in [5, 5.41) is 3.85. The van der Waals surface area contributed by atoms with Crippen LogP contribution in [0, 0.1) is 5.92 Å². The molecule has 0 saturated carbocycles. The van der Waals surface area contributed by atoms with Gasteiger partial charge < -0.3 is 10.2 Å². The fourth-order valence-electron chi connectivity index (χ4n) is 2.30. The van der Waals surface area contributed by atoms with Gasteiger partial charge in [0.15, 0.2) is 5.78 Å². The first kappa shape index (κ1) is 16.9. The number of halogens is 2. The number of nitrogens with one attached hydrogen (secondary N) is 1. The minimum atomic E-state index is -0.434. The van der Waals surface area contributed by atoms with Crippen molar-refractivity contribution in [2.24, 2.45) is 10.9 Å². The topological polar surface area (TPSA) is 61.8 Å². The lowest BCUT2D eigenvalue weighted by molar-refractivity contribution is -0.119. The summed E-state index contributed by atoms with van der Waals surface area (Å²) in [4.78, 5) is 29.9. The van der Waals surface area contributed by atoms with E-state index in [0.29, 0.717) is 28.6 Å². The van der Waals surface area contributed by atoms with E-state index in [4.69, 9.17) is 23.2 Å². The lowest BCUT2D eigenvalue weighted by Crippen LogP contribution is -2.30. The minimum absolute atomic E-state index is 0.0824. The zero-order valence-corrected chi connectivity index (χ0v) is 13.9. The van der Waals surface area contributed by atoms with Crippen LogP contribution in [-0.2, 0) is 4.79 Å². The molecule has 1 aliphatic heterocycles. The summed E-state index contributed by atoms with van der Waals surface area (Å²) >= 11 is 11.9. The molecule has 0 spiro atoms. The van der Waals surface area contributed by atoms with Gasteiger partial charge in [-0.05, 0) is 24.6 Å². The van der Waals surface area contributed by atoms with Crippen LogP contribution in [0.3, 0.4) is 0 Å². The molecule has 1 fully saturated rings. The summed E-state index contributed by atoms with van der Waals surface area (Å²) in [6.45, 7) is 0.436. The van der Waals surface area contributed by atoms with Crippen molar-refractivity contribution in [3.63, 3.8) is 0 Å². The number of carbonyl (C=O) groups excluding carboxylic acids is 2. The monoisotopic (exact) mass is 341 g/mol. The number of amides is 1. The molecule has 1 heterocycles. The first-order chi connectivity index (χ1) is 10.4. The fourth-order valence-corrected chi connectivity index (χ4v) is 2.80. The highest BCUT2D eigenvalue weighted by molar-refractivity contribution is 6.36. The Labute approximate surface area is 139 Å². The van der Waals surface area contributed by atoms with Gasteiger partial charge in [0.1, 0.15) is 0 Å². The molecule has 1 aromatic carbocycles. The third-order valence-corrected chi connectivity index (χ3v) is 3.96. The Bertz CT molecular complexity index is 617. The Balaban J connectivity index is 2.03. The van der Waals surface area contributed by atoms with Gasteiger partial charge in [0.05, 0.1) is 17.4 Å². The van der Waals surface area contributed by atoms with Crippen LogP contribution in [0.1, 0.15) is 16.8 Å². The van der Waals surface area contributed by atoms with Gasteiger partial charge in [0.25, 0.3) is 5.91 Å². The van der Waals surface area contributed by atoms with Crippen LogP contribution in [0.2, 0.25) is 10.0 Å². The zero-order chi connectivity index (χ0) is 16.3. The first-order valence-electron chi connectivity index (χ1n) is 6.85. The van der Waals surface area contributed by atoms with Crippen molar-refractivity contribution in [1.29, 1.82) is 0 Å². The van der Waals surface area contributed by atoms with Crippen molar-refractivity contribution in [3.05, 3.63) is 33.8 Å². The van der Waals surface area contributed by atoms with Gasteiger partial charge in [-0.3, -0.25) is 9.59 Å². The SMILES string of the molecule is CN(C)C=NC(=O)C1CC(C(=O)c2ccc(Cl)cc2Cl)CN1. The van der Waals surface area contributed by atoms with E-state index >= 15 is 0 Å². The molecule has 7 heteroatoms. The van der Waals surface area contributed by atoms with Crippen LogP contribution in [0.4, 0.5) is 0 Å². The van der Waals surface area contributed by atoms with Crippen LogP contribution in [0.15, 0.2) is 23.2 Å². The maximum Gasteiger partial charge on any atom is 0.264 e. The van der Waals surface area contributed by atoms with Crippen molar-refractivity contribution in [3.8, 4) is 0 Å². The van der Waals surface area contributed by atoms with Crippen molar-refractivity contribution < 1.29 is 9.59 Å². The smallest absolute Gasteiger partial charge is 0.264 e. The number of carbonyl (C=O) groups is 2. The van der Waals surface area contributed by atoms with Gasteiger partial charge in [-0.25, -0.2) is 4.99 Å². The van der Waals surface area contributed by atoms with Crippen molar-refractivity contribution in [1.82, 2.24) is 10.2 Å². The van der Waals surface area contributed by atoms with Crippen molar-refractivity contribution >= 4 is 41.2 Å². The predicted octanol–water partition coefficient (Wildman–Crippen LogP) is 2.27. The molecule has 0 bridgehead atoms. The minimum Gasteiger partial charge on any atom is -0.369 e. The lowest BCUT2D eigenvalue weighted by Gasteiger charge is -2.09. The molecule has 2 unspecified atom stereocenters. The van der Waals surface area contributed by atoms with E-state index in [1.54, 1.807) is 37.2 Å². The summed E-state index contributed by atoms with van der Waals surface area (Å²) in [6.07, 6.45) is 1.87. The van der Waals surface area contributed by atoms with E-state index in [-0.39, 0.29) is 17.6 Å². The fraction of sp³-hybridized carbons (Fsp3) is 0.400. The Hall–Kier alpha value is -1.43. The van der Waals surface area contributed by atoms with Gasteiger partial charge >= 0.3 is 0 Å². The molecule has 1 saturated heterocycles. The maximum atomic E-state index is 12.5. The molecule has 0 aliphatic carbocycles. The third-order valence-electron chi connectivity index (χ3n) is 3.41. The number of hydrogen-bond acceptors (Lipinski definition) is 3. The summed E-state index contributed by atoms with van der Waals surface area (Å²) < 4.78 is 0. The molecule has 1 amide bonds. The molecular formula is C15H17Cl2N3O2. The predicted molar refractivity (Wildman–Crippen MR) is 87.9 cm³/mol. The van der Waals surface area contributed by atoms with E-state index in [9.17, 15) is 9.59 Å². The second-order valence-corrected chi connectivity index (χ2v) is 6.27. The molecule has 1 aromatic rings. The number of rotatable bonds is 4. The maximum absolute atomic E-state index is 12.5. The Kier molecular flexibility index (Phi) is 5.56. The van der Waals surface area contributed by atoms with E-state index < -0.39 is 6.04 Å². The first-order valence-corrected chi connectivity index (χ1v) is 7.61.